The van der Waals surface area contributed by atoms with Crippen LogP contribution in [0.5, 0.6) is 0 Å². The van der Waals surface area contributed by atoms with Gasteiger partial charge in [-0.2, -0.15) is 0 Å². The summed E-state index contributed by atoms with van der Waals surface area (Å²) in [6.45, 7) is 2.90. The lowest BCUT2D eigenvalue weighted by Crippen LogP contribution is -2.36. The molecule has 1 aromatic carbocycles. The van der Waals surface area contributed by atoms with Crippen LogP contribution in [0.15, 0.2) is 24.3 Å². The van der Waals surface area contributed by atoms with E-state index >= 15 is 0 Å². The summed E-state index contributed by atoms with van der Waals surface area (Å²) in [5.74, 6) is 1.42. The first kappa shape index (κ1) is 15.8. The number of rotatable bonds is 3. The van der Waals surface area contributed by atoms with Crippen molar-refractivity contribution in [3.05, 3.63) is 29.8 Å². The van der Waals surface area contributed by atoms with Crippen molar-refractivity contribution in [2.75, 3.05) is 42.7 Å². The Kier molecular flexibility index (Phi) is 3.98. The van der Waals surface area contributed by atoms with Crippen LogP contribution >= 0.6 is 11.3 Å². The minimum Gasteiger partial charge on any atom is -0.398 e. The largest absolute Gasteiger partial charge is 0.398 e. The van der Waals surface area contributed by atoms with Crippen molar-refractivity contribution < 1.29 is 4.74 Å². The zero-order chi connectivity index (χ0) is 17.4. The molecule has 0 spiro atoms. The fourth-order valence-electron chi connectivity index (χ4n) is 2.98. The predicted molar refractivity (Wildman–Crippen MR) is 103 cm³/mol. The summed E-state index contributed by atoms with van der Waals surface area (Å²) >= 11 is 1.49. The monoisotopic (exact) mass is 354 g/mol. The molecule has 1 fully saturated rings. The highest BCUT2D eigenvalue weighted by Crippen LogP contribution is 2.36. The third-order valence-corrected chi connectivity index (χ3v) is 5.16. The number of ether oxygens (including phenoxy) is 1. The molecule has 2 aromatic heterocycles. The normalized spacial score (nSPS) is 14.8. The Morgan fingerprint density at radius 2 is 2.00 bits per heavy atom. The van der Waals surface area contributed by atoms with Gasteiger partial charge < -0.3 is 26.5 Å². The Morgan fingerprint density at radius 3 is 2.76 bits per heavy atom. The molecule has 3 heterocycles. The summed E-state index contributed by atoms with van der Waals surface area (Å²) in [6.07, 6.45) is 1.24. The van der Waals surface area contributed by atoms with E-state index in [0.717, 1.165) is 34.7 Å². The van der Waals surface area contributed by atoms with E-state index in [-0.39, 0.29) is 0 Å². The third kappa shape index (κ3) is 2.79. The number of nitrogens with zero attached hydrogens (tertiary/aromatic N) is 3. The Morgan fingerprint density at radius 1 is 1.20 bits per heavy atom. The van der Waals surface area contributed by atoms with Crippen LogP contribution in [0.1, 0.15) is 5.56 Å². The van der Waals surface area contributed by atoms with Crippen LogP contribution in [-0.4, -0.2) is 42.5 Å². The van der Waals surface area contributed by atoms with E-state index in [4.69, 9.17) is 26.6 Å². The maximum Gasteiger partial charge on any atom is 0.162 e. The van der Waals surface area contributed by atoms with E-state index in [2.05, 4.69) is 9.88 Å². The Balaban J connectivity index is 1.93. The first-order chi connectivity index (χ1) is 12.2. The minimum absolute atomic E-state index is 0.536. The van der Waals surface area contributed by atoms with Crippen LogP contribution in [0, 0.1) is 5.41 Å². The lowest BCUT2D eigenvalue weighted by atomic mass is 10.1. The molecule has 0 amide bonds. The number of benzene rings is 1. The second kappa shape index (κ2) is 6.30. The standard InChI is InChI=1S/C17H18N6OS/c18-9-11-10(2-1-3-12(11)19)16-21-13-8-14(20)25-15(13)17(22-16)23-4-6-24-7-5-23/h1-3,8-9,18H,4-7,19-20H2. The van der Waals surface area contributed by atoms with Gasteiger partial charge in [0, 0.05) is 36.1 Å². The van der Waals surface area contributed by atoms with E-state index in [9.17, 15) is 0 Å². The smallest absolute Gasteiger partial charge is 0.162 e. The molecule has 1 aliphatic rings. The van der Waals surface area contributed by atoms with E-state index < -0.39 is 0 Å². The predicted octanol–water partition coefficient (Wildman–Crippen LogP) is 2.36. The van der Waals surface area contributed by atoms with Crippen molar-refractivity contribution in [1.82, 2.24) is 9.97 Å². The number of thiophene rings is 1. The molecule has 25 heavy (non-hydrogen) atoms. The fraction of sp³-hybridized carbons (Fsp3) is 0.235. The summed E-state index contributed by atoms with van der Waals surface area (Å²) in [5.41, 5.74) is 14.7. The van der Waals surface area contributed by atoms with Crippen molar-refractivity contribution in [3.63, 3.8) is 0 Å². The molecule has 0 bridgehead atoms. The van der Waals surface area contributed by atoms with Gasteiger partial charge in [0.05, 0.1) is 28.4 Å². The number of anilines is 3. The molecule has 1 aliphatic heterocycles. The second-order valence-corrected chi connectivity index (χ2v) is 6.87. The molecule has 0 aliphatic carbocycles. The molecular formula is C17H18N6OS. The highest BCUT2D eigenvalue weighted by molar-refractivity contribution is 7.23. The van der Waals surface area contributed by atoms with Crippen LogP contribution in [0.2, 0.25) is 0 Å². The summed E-state index contributed by atoms with van der Waals surface area (Å²) in [4.78, 5) is 11.7. The molecule has 4 rings (SSSR count). The van der Waals surface area contributed by atoms with E-state index in [0.29, 0.717) is 35.3 Å². The topological polar surface area (TPSA) is 114 Å². The number of hydrogen-bond donors (Lipinski definition) is 3. The van der Waals surface area contributed by atoms with Crippen molar-refractivity contribution in [2.24, 2.45) is 0 Å². The number of aromatic nitrogens is 2. The SMILES string of the molecule is N=Cc1c(N)cccc1-c1nc(N2CCOCC2)c2sc(N)cc2n1. The van der Waals surface area contributed by atoms with Gasteiger partial charge >= 0.3 is 0 Å². The summed E-state index contributed by atoms with van der Waals surface area (Å²) in [5, 5.41) is 8.39. The van der Waals surface area contributed by atoms with Gasteiger partial charge in [-0.25, -0.2) is 9.97 Å². The molecule has 0 radical (unpaired) electrons. The molecule has 3 aromatic rings. The third-order valence-electron chi connectivity index (χ3n) is 4.21. The molecule has 0 atom stereocenters. The van der Waals surface area contributed by atoms with Gasteiger partial charge in [-0.1, -0.05) is 12.1 Å². The lowest BCUT2D eigenvalue weighted by molar-refractivity contribution is 0.122. The van der Waals surface area contributed by atoms with Gasteiger partial charge in [-0.05, 0) is 12.1 Å². The van der Waals surface area contributed by atoms with E-state index in [1.807, 2.05) is 18.2 Å². The zero-order valence-corrected chi connectivity index (χ0v) is 14.3. The van der Waals surface area contributed by atoms with Gasteiger partial charge in [0.15, 0.2) is 11.6 Å². The van der Waals surface area contributed by atoms with Crippen LogP contribution < -0.4 is 16.4 Å². The number of nitrogens with one attached hydrogen (secondary N) is 1. The maximum atomic E-state index is 7.69. The molecule has 1 saturated heterocycles. The number of hydrogen-bond acceptors (Lipinski definition) is 8. The zero-order valence-electron chi connectivity index (χ0n) is 13.5. The van der Waals surface area contributed by atoms with Gasteiger partial charge in [-0.3, -0.25) is 0 Å². The van der Waals surface area contributed by atoms with Crippen LogP contribution in [-0.2, 0) is 4.74 Å². The summed E-state index contributed by atoms with van der Waals surface area (Å²) < 4.78 is 6.43. The summed E-state index contributed by atoms with van der Waals surface area (Å²) in [6, 6.07) is 7.37. The van der Waals surface area contributed by atoms with Gasteiger partial charge in [0.1, 0.15) is 0 Å². The molecule has 0 unspecified atom stereocenters. The Bertz CT molecular complexity index is 948. The Hall–Kier alpha value is -2.71. The minimum atomic E-state index is 0.536. The van der Waals surface area contributed by atoms with Crippen LogP contribution in [0.25, 0.3) is 21.6 Å². The number of nitrogen functional groups attached to an aromatic ring is 2. The molecule has 7 nitrogen and oxygen atoms in total. The first-order valence-electron chi connectivity index (χ1n) is 7.96. The highest BCUT2D eigenvalue weighted by Gasteiger charge is 2.20. The second-order valence-electron chi connectivity index (χ2n) is 5.79. The molecular weight excluding hydrogens is 336 g/mol. The first-order valence-corrected chi connectivity index (χ1v) is 8.78. The maximum absolute atomic E-state index is 7.69. The average Bonchev–Trinajstić information content (AvgIpc) is 3.01. The lowest BCUT2D eigenvalue weighted by Gasteiger charge is -2.28. The number of nitrogens with two attached hydrogens (primary N) is 2. The van der Waals surface area contributed by atoms with Gasteiger partial charge in [0.2, 0.25) is 0 Å². The quantitative estimate of drug-likeness (QED) is 0.491. The highest BCUT2D eigenvalue weighted by atomic mass is 32.1. The number of fused-ring (bicyclic) bond motifs is 1. The van der Waals surface area contributed by atoms with Crippen molar-refractivity contribution in [1.29, 1.82) is 5.41 Å². The molecule has 8 heteroatoms. The van der Waals surface area contributed by atoms with Gasteiger partial charge in [0.25, 0.3) is 0 Å². The number of morpholine rings is 1. The molecule has 128 valence electrons. The van der Waals surface area contributed by atoms with Crippen LogP contribution in [0.3, 0.4) is 0 Å². The van der Waals surface area contributed by atoms with Crippen molar-refractivity contribution in [2.45, 2.75) is 0 Å². The van der Waals surface area contributed by atoms with Crippen LogP contribution in [0.4, 0.5) is 16.5 Å². The molecule has 0 saturated carbocycles. The van der Waals surface area contributed by atoms with E-state index in [1.54, 1.807) is 6.07 Å². The van der Waals surface area contributed by atoms with E-state index in [1.165, 1.54) is 17.6 Å². The van der Waals surface area contributed by atoms with Gasteiger partial charge in [-0.15, -0.1) is 11.3 Å². The summed E-state index contributed by atoms with van der Waals surface area (Å²) in [7, 11) is 0. The molecule has 5 N–H and O–H groups in total. The van der Waals surface area contributed by atoms with Crippen molar-refractivity contribution in [3.8, 4) is 11.4 Å². The Labute approximate surface area is 148 Å². The van der Waals surface area contributed by atoms with Crippen molar-refractivity contribution >= 4 is 44.3 Å². The fourth-order valence-corrected chi connectivity index (χ4v) is 3.86. The average molecular weight is 354 g/mol.